The predicted octanol–water partition coefficient (Wildman–Crippen LogP) is 3.44. The highest BCUT2D eigenvalue weighted by atomic mass is 35.5. The molecule has 1 rings (SSSR count). The van der Waals surface area contributed by atoms with E-state index < -0.39 is 0 Å². The SMILES string of the molecule is CCCCN(CCO)c1cccc(Cl)c1CNC(C)C. The zero-order valence-electron chi connectivity index (χ0n) is 12.8. The van der Waals surface area contributed by atoms with Gasteiger partial charge >= 0.3 is 0 Å². The van der Waals surface area contributed by atoms with Gasteiger partial charge in [-0.25, -0.2) is 0 Å². The summed E-state index contributed by atoms with van der Waals surface area (Å²) in [7, 11) is 0. The average molecular weight is 299 g/mol. The molecule has 0 amide bonds. The molecule has 0 spiro atoms. The molecule has 0 aliphatic rings. The fourth-order valence-corrected chi connectivity index (χ4v) is 2.38. The van der Waals surface area contributed by atoms with Gasteiger partial charge in [0.25, 0.3) is 0 Å². The summed E-state index contributed by atoms with van der Waals surface area (Å²) < 4.78 is 0. The maximum atomic E-state index is 9.29. The van der Waals surface area contributed by atoms with Crippen molar-refractivity contribution in [1.29, 1.82) is 0 Å². The smallest absolute Gasteiger partial charge is 0.0606 e. The third-order valence-corrected chi connectivity index (χ3v) is 3.63. The summed E-state index contributed by atoms with van der Waals surface area (Å²) in [6, 6.07) is 6.42. The number of benzene rings is 1. The van der Waals surface area contributed by atoms with Crippen molar-refractivity contribution in [2.24, 2.45) is 0 Å². The van der Waals surface area contributed by atoms with Crippen molar-refractivity contribution >= 4 is 17.3 Å². The van der Waals surface area contributed by atoms with Crippen LogP contribution in [-0.4, -0.2) is 30.8 Å². The first kappa shape index (κ1) is 17.3. The van der Waals surface area contributed by atoms with Crippen LogP contribution in [-0.2, 0) is 6.54 Å². The van der Waals surface area contributed by atoms with Gasteiger partial charge in [-0.3, -0.25) is 0 Å². The minimum absolute atomic E-state index is 0.160. The lowest BCUT2D eigenvalue weighted by Crippen LogP contribution is -2.30. The molecule has 0 saturated carbocycles. The number of nitrogens with zero attached hydrogens (tertiary/aromatic N) is 1. The number of nitrogens with one attached hydrogen (secondary N) is 1. The maximum absolute atomic E-state index is 9.29. The molecule has 114 valence electrons. The van der Waals surface area contributed by atoms with E-state index in [9.17, 15) is 5.11 Å². The van der Waals surface area contributed by atoms with Crippen LogP contribution in [0.25, 0.3) is 0 Å². The molecule has 0 saturated heterocycles. The summed E-state index contributed by atoms with van der Waals surface area (Å²) in [6.45, 7) is 8.93. The van der Waals surface area contributed by atoms with Crippen molar-refractivity contribution in [1.82, 2.24) is 5.32 Å². The second kappa shape index (κ2) is 9.22. The Morgan fingerprint density at radius 1 is 1.30 bits per heavy atom. The zero-order chi connectivity index (χ0) is 15.0. The fraction of sp³-hybridized carbons (Fsp3) is 0.625. The van der Waals surface area contributed by atoms with Gasteiger partial charge < -0.3 is 15.3 Å². The third kappa shape index (κ3) is 5.31. The van der Waals surface area contributed by atoms with Gasteiger partial charge in [0.2, 0.25) is 0 Å². The van der Waals surface area contributed by atoms with E-state index >= 15 is 0 Å². The van der Waals surface area contributed by atoms with Gasteiger partial charge in [0, 0.05) is 41.9 Å². The van der Waals surface area contributed by atoms with Gasteiger partial charge in [0.1, 0.15) is 0 Å². The van der Waals surface area contributed by atoms with Crippen molar-refractivity contribution in [2.45, 2.75) is 46.2 Å². The van der Waals surface area contributed by atoms with Gasteiger partial charge in [-0.2, -0.15) is 0 Å². The Labute approximate surface area is 127 Å². The molecule has 0 aromatic heterocycles. The highest BCUT2D eigenvalue weighted by Gasteiger charge is 2.13. The number of aliphatic hydroxyl groups excluding tert-OH is 1. The molecule has 1 aromatic rings. The summed E-state index contributed by atoms with van der Waals surface area (Å²) in [5.74, 6) is 0. The first-order valence-corrected chi connectivity index (χ1v) is 7.84. The first-order chi connectivity index (χ1) is 9.60. The summed E-state index contributed by atoms with van der Waals surface area (Å²) in [5, 5.41) is 13.5. The summed E-state index contributed by atoms with van der Waals surface area (Å²) in [6.07, 6.45) is 2.26. The van der Waals surface area contributed by atoms with Gasteiger partial charge in [0.15, 0.2) is 0 Å². The minimum Gasteiger partial charge on any atom is -0.395 e. The molecular formula is C16H27ClN2O. The molecule has 0 atom stereocenters. The quantitative estimate of drug-likeness (QED) is 0.733. The molecule has 1 aromatic carbocycles. The zero-order valence-corrected chi connectivity index (χ0v) is 13.6. The van der Waals surface area contributed by atoms with Crippen molar-refractivity contribution in [3.8, 4) is 0 Å². The second-order valence-electron chi connectivity index (χ2n) is 5.34. The number of anilines is 1. The molecule has 0 heterocycles. The van der Waals surface area contributed by atoms with Crippen LogP contribution in [0.4, 0.5) is 5.69 Å². The Bertz CT molecular complexity index is 396. The largest absolute Gasteiger partial charge is 0.395 e. The molecule has 0 aliphatic heterocycles. The summed E-state index contributed by atoms with van der Waals surface area (Å²) in [4.78, 5) is 2.23. The van der Waals surface area contributed by atoms with Gasteiger partial charge in [-0.05, 0) is 18.6 Å². The van der Waals surface area contributed by atoms with Gasteiger partial charge in [0.05, 0.1) is 6.61 Å². The van der Waals surface area contributed by atoms with E-state index in [0.717, 1.165) is 42.2 Å². The van der Waals surface area contributed by atoms with E-state index in [1.165, 1.54) is 0 Å². The number of rotatable bonds is 9. The maximum Gasteiger partial charge on any atom is 0.0606 e. The Hall–Kier alpha value is -0.770. The molecule has 0 unspecified atom stereocenters. The molecule has 0 fully saturated rings. The number of aliphatic hydroxyl groups is 1. The highest BCUT2D eigenvalue weighted by molar-refractivity contribution is 6.31. The molecule has 2 N–H and O–H groups in total. The minimum atomic E-state index is 0.160. The van der Waals surface area contributed by atoms with Crippen LogP contribution >= 0.6 is 11.6 Å². The Kier molecular flexibility index (Phi) is 7.97. The Morgan fingerprint density at radius 3 is 2.65 bits per heavy atom. The van der Waals surface area contributed by atoms with Gasteiger partial charge in [-0.1, -0.05) is 44.9 Å². The van der Waals surface area contributed by atoms with E-state index in [1.54, 1.807) is 0 Å². The standard InChI is InChI=1S/C16H27ClN2O/c1-4-5-9-19(10-11-20)16-8-6-7-15(17)14(16)12-18-13(2)3/h6-8,13,18,20H,4-5,9-12H2,1-3H3. The van der Waals surface area contributed by atoms with E-state index in [0.29, 0.717) is 12.6 Å². The van der Waals surface area contributed by atoms with Crippen molar-refractivity contribution < 1.29 is 5.11 Å². The van der Waals surface area contributed by atoms with E-state index in [1.807, 2.05) is 12.1 Å². The van der Waals surface area contributed by atoms with Crippen LogP contribution in [0.3, 0.4) is 0 Å². The van der Waals surface area contributed by atoms with Crippen molar-refractivity contribution in [2.75, 3.05) is 24.6 Å². The monoisotopic (exact) mass is 298 g/mol. The average Bonchev–Trinajstić information content (AvgIpc) is 2.41. The van der Waals surface area contributed by atoms with E-state index in [4.69, 9.17) is 11.6 Å². The lowest BCUT2D eigenvalue weighted by Gasteiger charge is -2.27. The van der Waals surface area contributed by atoms with E-state index in [2.05, 4.69) is 37.1 Å². The summed E-state index contributed by atoms with van der Waals surface area (Å²) in [5.41, 5.74) is 2.25. The highest BCUT2D eigenvalue weighted by Crippen LogP contribution is 2.28. The van der Waals surface area contributed by atoms with Crippen LogP contribution < -0.4 is 10.2 Å². The van der Waals surface area contributed by atoms with Crippen molar-refractivity contribution in [3.63, 3.8) is 0 Å². The molecule has 20 heavy (non-hydrogen) atoms. The number of unbranched alkanes of at least 4 members (excludes halogenated alkanes) is 1. The fourth-order valence-electron chi connectivity index (χ4n) is 2.15. The first-order valence-electron chi connectivity index (χ1n) is 7.46. The molecule has 4 heteroatoms. The molecule has 0 radical (unpaired) electrons. The topological polar surface area (TPSA) is 35.5 Å². The summed E-state index contributed by atoms with van der Waals surface area (Å²) >= 11 is 6.36. The van der Waals surface area contributed by atoms with Crippen molar-refractivity contribution in [3.05, 3.63) is 28.8 Å². The third-order valence-electron chi connectivity index (χ3n) is 3.27. The van der Waals surface area contributed by atoms with Crippen LogP contribution in [0.15, 0.2) is 18.2 Å². The van der Waals surface area contributed by atoms with Crippen LogP contribution in [0.1, 0.15) is 39.2 Å². The van der Waals surface area contributed by atoms with Gasteiger partial charge in [-0.15, -0.1) is 0 Å². The normalized spacial score (nSPS) is 11.1. The molecule has 3 nitrogen and oxygen atoms in total. The number of hydrogen-bond donors (Lipinski definition) is 2. The second-order valence-corrected chi connectivity index (χ2v) is 5.74. The molecular weight excluding hydrogens is 272 g/mol. The number of hydrogen-bond acceptors (Lipinski definition) is 3. The molecule has 0 aliphatic carbocycles. The Balaban J connectivity index is 2.96. The predicted molar refractivity (Wildman–Crippen MR) is 87.6 cm³/mol. The number of halogens is 1. The lowest BCUT2D eigenvalue weighted by atomic mass is 10.1. The lowest BCUT2D eigenvalue weighted by molar-refractivity contribution is 0.301. The Morgan fingerprint density at radius 2 is 2.05 bits per heavy atom. The van der Waals surface area contributed by atoms with E-state index in [-0.39, 0.29) is 6.61 Å². The molecule has 0 bridgehead atoms. The van der Waals surface area contributed by atoms with Crippen LogP contribution in [0.2, 0.25) is 5.02 Å². The van der Waals surface area contributed by atoms with Crippen LogP contribution in [0.5, 0.6) is 0 Å². The van der Waals surface area contributed by atoms with Crippen LogP contribution in [0, 0.1) is 0 Å².